The molecule has 0 bridgehead atoms. The van der Waals surface area contributed by atoms with Crippen molar-refractivity contribution in [3.8, 4) is 0 Å². The molecule has 0 spiro atoms. The van der Waals surface area contributed by atoms with Crippen LogP contribution in [0.15, 0.2) is 24.3 Å². The predicted molar refractivity (Wildman–Crippen MR) is 76.8 cm³/mol. The normalized spacial score (nSPS) is 10.4. The van der Waals surface area contributed by atoms with E-state index in [0.29, 0.717) is 12.5 Å². The van der Waals surface area contributed by atoms with Gasteiger partial charge in [-0.15, -0.1) is 0 Å². The summed E-state index contributed by atoms with van der Waals surface area (Å²) < 4.78 is 0. The second-order valence-electron chi connectivity index (χ2n) is 4.94. The van der Waals surface area contributed by atoms with Gasteiger partial charge in [0.05, 0.1) is 6.54 Å². The molecule has 0 atom stereocenters. The van der Waals surface area contributed by atoms with Crippen LogP contribution in [0.25, 0.3) is 0 Å². The Bertz CT molecular complexity index is 375. The molecule has 0 saturated carbocycles. The zero-order valence-corrected chi connectivity index (χ0v) is 11.6. The van der Waals surface area contributed by atoms with Crippen molar-refractivity contribution >= 4 is 11.6 Å². The van der Waals surface area contributed by atoms with E-state index in [1.54, 1.807) is 0 Å². The number of carbonyl (C=O) groups excluding carboxylic acids is 1. The van der Waals surface area contributed by atoms with Crippen LogP contribution in [0, 0.1) is 5.92 Å². The largest absolute Gasteiger partial charge is 0.376 e. The second kappa shape index (κ2) is 7.75. The topological polar surface area (TPSA) is 41.1 Å². The number of carbonyl (C=O) groups is 1. The van der Waals surface area contributed by atoms with Gasteiger partial charge in [0.2, 0.25) is 5.91 Å². The molecule has 1 rings (SSSR count). The van der Waals surface area contributed by atoms with E-state index < -0.39 is 0 Å². The van der Waals surface area contributed by atoms with Gasteiger partial charge in [-0.2, -0.15) is 0 Å². The summed E-state index contributed by atoms with van der Waals surface area (Å²) >= 11 is 0. The van der Waals surface area contributed by atoms with Gasteiger partial charge in [0.15, 0.2) is 0 Å². The summed E-state index contributed by atoms with van der Waals surface area (Å²) in [6, 6.07) is 8.17. The monoisotopic (exact) mass is 248 g/mol. The minimum absolute atomic E-state index is 0.0533. The Kier molecular flexibility index (Phi) is 6.26. The van der Waals surface area contributed by atoms with Crippen LogP contribution in [0.2, 0.25) is 0 Å². The fourth-order valence-corrected chi connectivity index (χ4v) is 1.65. The molecule has 0 aliphatic heterocycles. The lowest BCUT2D eigenvalue weighted by atomic mass is 10.1. The first-order chi connectivity index (χ1) is 8.61. The molecule has 3 nitrogen and oxygen atoms in total. The fourth-order valence-electron chi connectivity index (χ4n) is 1.65. The van der Waals surface area contributed by atoms with Gasteiger partial charge in [-0.25, -0.2) is 0 Å². The summed E-state index contributed by atoms with van der Waals surface area (Å²) in [5.74, 6) is 0.678. The molecule has 2 N–H and O–H groups in total. The number of nitrogens with one attached hydrogen (secondary N) is 2. The molecule has 0 fully saturated rings. The summed E-state index contributed by atoms with van der Waals surface area (Å²) in [4.78, 5) is 11.6. The molecule has 1 aromatic rings. The summed E-state index contributed by atoms with van der Waals surface area (Å²) in [5.41, 5.74) is 2.29. The van der Waals surface area contributed by atoms with Gasteiger partial charge in [0.25, 0.3) is 0 Å². The fraction of sp³-hybridized carbons (Fsp3) is 0.533. The van der Waals surface area contributed by atoms with Crippen LogP contribution < -0.4 is 10.6 Å². The van der Waals surface area contributed by atoms with Gasteiger partial charge in [-0.05, 0) is 36.5 Å². The molecule has 1 amide bonds. The molecule has 0 radical (unpaired) electrons. The van der Waals surface area contributed by atoms with E-state index in [4.69, 9.17) is 0 Å². The van der Waals surface area contributed by atoms with E-state index in [1.807, 2.05) is 12.1 Å². The second-order valence-corrected chi connectivity index (χ2v) is 4.94. The highest BCUT2D eigenvalue weighted by atomic mass is 16.1. The Labute approximate surface area is 110 Å². The van der Waals surface area contributed by atoms with Gasteiger partial charge in [0.1, 0.15) is 0 Å². The van der Waals surface area contributed by atoms with Crippen LogP contribution in [-0.4, -0.2) is 19.0 Å². The molecule has 0 aliphatic rings. The Morgan fingerprint density at radius 3 is 2.78 bits per heavy atom. The third-order valence-electron chi connectivity index (χ3n) is 2.83. The van der Waals surface area contributed by atoms with Crippen LogP contribution in [0.5, 0.6) is 0 Å². The molecule has 0 saturated heterocycles. The Balaban J connectivity index is 2.29. The number of hydrogen-bond donors (Lipinski definition) is 2. The molecule has 18 heavy (non-hydrogen) atoms. The number of aryl methyl sites for hydroxylation is 1. The third kappa shape index (κ3) is 5.71. The lowest BCUT2D eigenvalue weighted by Crippen LogP contribution is -2.31. The van der Waals surface area contributed by atoms with Crippen molar-refractivity contribution in [2.24, 2.45) is 5.92 Å². The highest BCUT2D eigenvalue weighted by Gasteiger charge is 2.01. The minimum atomic E-state index is 0.0533. The molecule has 3 heteroatoms. The van der Waals surface area contributed by atoms with Crippen molar-refractivity contribution in [3.63, 3.8) is 0 Å². The number of benzene rings is 1. The van der Waals surface area contributed by atoms with Crippen molar-refractivity contribution in [1.82, 2.24) is 5.32 Å². The SMILES string of the molecule is CCc1cccc(NCC(=O)NCCC(C)C)c1. The maximum atomic E-state index is 11.6. The van der Waals surface area contributed by atoms with Crippen LogP contribution in [0.1, 0.15) is 32.8 Å². The minimum Gasteiger partial charge on any atom is -0.376 e. The maximum Gasteiger partial charge on any atom is 0.239 e. The van der Waals surface area contributed by atoms with Crippen molar-refractivity contribution in [3.05, 3.63) is 29.8 Å². The van der Waals surface area contributed by atoms with E-state index >= 15 is 0 Å². The molecule has 0 heterocycles. The molecule has 100 valence electrons. The quantitative estimate of drug-likeness (QED) is 0.779. The van der Waals surface area contributed by atoms with E-state index in [0.717, 1.165) is 25.1 Å². The highest BCUT2D eigenvalue weighted by Crippen LogP contribution is 2.10. The van der Waals surface area contributed by atoms with Gasteiger partial charge in [-0.3, -0.25) is 4.79 Å². The van der Waals surface area contributed by atoms with Crippen LogP contribution in [0.3, 0.4) is 0 Å². The molecule has 0 unspecified atom stereocenters. The number of amides is 1. The van der Waals surface area contributed by atoms with Gasteiger partial charge in [0, 0.05) is 12.2 Å². The first-order valence-corrected chi connectivity index (χ1v) is 6.71. The predicted octanol–water partition coefficient (Wildman–Crippen LogP) is 2.82. The number of rotatable bonds is 7. The Morgan fingerprint density at radius 1 is 1.33 bits per heavy atom. The number of anilines is 1. The van der Waals surface area contributed by atoms with Crippen LogP contribution in [-0.2, 0) is 11.2 Å². The molecular formula is C15H24N2O. The Hall–Kier alpha value is -1.51. The summed E-state index contributed by atoms with van der Waals surface area (Å²) in [7, 11) is 0. The highest BCUT2D eigenvalue weighted by molar-refractivity contribution is 5.80. The van der Waals surface area contributed by atoms with Gasteiger partial charge in [-0.1, -0.05) is 32.9 Å². The summed E-state index contributed by atoms with van der Waals surface area (Å²) in [6.45, 7) is 7.53. The maximum absolute atomic E-state index is 11.6. The first-order valence-electron chi connectivity index (χ1n) is 6.71. The van der Waals surface area contributed by atoms with E-state index in [2.05, 4.69) is 43.5 Å². The van der Waals surface area contributed by atoms with Crippen molar-refractivity contribution in [1.29, 1.82) is 0 Å². The lowest BCUT2D eigenvalue weighted by Gasteiger charge is -2.09. The molecule has 0 aromatic heterocycles. The van der Waals surface area contributed by atoms with Crippen molar-refractivity contribution in [2.75, 3.05) is 18.4 Å². The van der Waals surface area contributed by atoms with Crippen LogP contribution in [0.4, 0.5) is 5.69 Å². The van der Waals surface area contributed by atoms with Crippen molar-refractivity contribution in [2.45, 2.75) is 33.6 Å². The average molecular weight is 248 g/mol. The average Bonchev–Trinajstić information content (AvgIpc) is 2.36. The van der Waals surface area contributed by atoms with E-state index in [1.165, 1.54) is 5.56 Å². The first kappa shape index (κ1) is 14.6. The zero-order valence-electron chi connectivity index (χ0n) is 11.6. The third-order valence-corrected chi connectivity index (χ3v) is 2.83. The Morgan fingerprint density at radius 2 is 2.11 bits per heavy atom. The van der Waals surface area contributed by atoms with E-state index in [-0.39, 0.29) is 5.91 Å². The van der Waals surface area contributed by atoms with Crippen molar-refractivity contribution < 1.29 is 4.79 Å². The standard InChI is InChI=1S/C15H24N2O/c1-4-13-6-5-7-14(10-13)17-11-15(18)16-9-8-12(2)3/h5-7,10,12,17H,4,8-9,11H2,1-3H3,(H,16,18). The summed E-state index contributed by atoms with van der Waals surface area (Å²) in [5, 5.41) is 6.06. The van der Waals surface area contributed by atoms with Crippen LogP contribution >= 0.6 is 0 Å². The van der Waals surface area contributed by atoms with Gasteiger partial charge < -0.3 is 10.6 Å². The lowest BCUT2D eigenvalue weighted by molar-refractivity contribution is -0.119. The number of hydrogen-bond acceptors (Lipinski definition) is 2. The smallest absolute Gasteiger partial charge is 0.239 e. The van der Waals surface area contributed by atoms with Gasteiger partial charge >= 0.3 is 0 Å². The summed E-state index contributed by atoms with van der Waals surface area (Å²) in [6.07, 6.45) is 2.03. The molecule has 1 aromatic carbocycles. The molecule has 0 aliphatic carbocycles. The zero-order chi connectivity index (χ0) is 13.4. The molecular weight excluding hydrogens is 224 g/mol. The van der Waals surface area contributed by atoms with E-state index in [9.17, 15) is 4.79 Å².